The van der Waals surface area contributed by atoms with Gasteiger partial charge in [0.1, 0.15) is 0 Å². The lowest BCUT2D eigenvalue weighted by molar-refractivity contribution is -0.144. The van der Waals surface area contributed by atoms with Gasteiger partial charge in [-0.1, -0.05) is 19.8 Å². The van der Waals surface area contributed by atoms with Crippen molar-refractivity contribution in [1.82, 2.24) is 5.32 Å². The molecule has 0 saturated heterocycles. The van der Waals surface area contributed by atoms with E-state index in [9.17, 15) is 9.59 Å². The Kier molecular flexibility index (Phi) is 5.10. The monoisotopic (exact) mass is 258 g/mol. The molecular weight excluding hydrogens is 236 g/mol. The molecular formula is C12H22N2O4. The van der Waals surface area contributed by atoms with Crippen LogP contribution < -0.4 is 11.1 Å². The van der Waals surface area contributed by atoms with Crippen LogP contribution in [-0.2, 0) is 14.3 Å². The van der Waals surface area contributed by atoms with Crippen LogP contribution in [0.4, 0.5) is 0 Å². The number of hydrogen-bond donors (Lipinski definition) is 3. The quantitative estimate of drug-likeness (QED) is 0.649. The molecule has 104 valence electrons. The van der Waals surface area contributed by atoms with E-state index in [0.29, 0.717) is 18.8 Å². The van der Waals surface area contributed by atoms with Crippen LogP contribution in [0.25, 0.3) is 0 Å². The van der Waals surface area contributed by atoms with E-state index in [4.69, 9.17) is 15.6 Å². The number of hydrogen-bond acceptors (Lipinski definition) is 4. The Morgan fingerprint density at radius 3 is 2.78 bits per heavy atom. The summed E-state index contributed by atoms with van der Waals surface area (Å²) in [5.41, 5.74) is 5.15. The van der Waals surface area contributed by atoms with Crippen LogP contribution in [0.3, 0.4) is 0 Å². The second kappa shape index (κ2) is 6.15. The van der Waals surface area contributed by atoms with Crippen molar-refractivity contribution in [2.24, 2.45) is 11.7 Å². The van der Waals surface area contributed by atoms with Crippen LogP contribution in [0.15, 0.2) is 0 Å². The fourth-order valence-corrected chi connectivity index (χ4v) is 2.44. The van der Waals surface area contributed by atoms with Crippen LogP contribution >= 0.6 is 0 Å². The second-order valence-corrected chi connectivity index (χ2v) is 5.18. The summed E-state index contributed by atoms with van der Waals surface area (Å²) in [7, 11) is 1.39. The summed E-state index contributed by atoms with van der Waals surface area (Å²) in [5, 5.41) is 11.4. The van der Waals surface area contributed by atoms with Crippen molar-refractivity contribution >= 4 is 11.9 Å². The molecule has 0 aromatic carbocycles. The number of carbonyl (C=O) groups excluding carboxylic acids is 1. The average Bonchev–Trinajstić information content (AvgIpc) is 2.27. The van der Waals surface area contributed by atoms with Crippen molar-refractivity contribution < 1.29 is 19.4 Å². The van der Waals surface area contributed by atoms with Gasteiger partial charge in [0.15, 0.2) is 6.04 Å². The second-order valence-electron chi connectivity index (χ2n) is 5.18. The summed E-state index contributed by atoms with van der Waals surface area (Å²) in [6.45, 7) is 1.99. The molecule has 1 aliphatic carbocycles. The topological polar surface area (TPSA) is 102 Å². The molecule has 0 aliphatic heterocycles. The molecule has 18 heavy (non-hydrogen) atoms. The lowest BCUT2D eigenvalue weighted by atomic mass is 9.76. The molecule has 0 aromatic heterocycles. The molecule has 1 amide bonds. The molecule has 0 radical (unpaired) electrons. The van der Waals surface area contributed by atoms with Crippen molar-refractivity contribution in [2.45, 2.75) is 44.2 Å². The number of aliphatic carboxylic acids is 1. The molecule has 0 aromatic rings. The van der Waals surface area contributed by atoms with E-state index in [2.05, 4.69) is 12.2 Å². The van der Waals surface area contributed by atoms with Gasteiger partial charge in [-0.2, -0.15) is 0 Å². The van der Waals surface area contributed by atoms with E-state index in [0.717, 1.165) is 12.8 Å². The highest BCUT2D eigenvalue weighted by Gasteiger charge is 2.39. The minimum atomic E-state index is -1.11. The summed E-state index contributed by atoms with van der Waals surface area (Å²) in [6.07, 6.45) is 3.15. The van der Waals surface area contributed by atoms with Crippen molar-refractivity contribution in [3.63, 3.8) is 0 Å². The summed E-state index contributed by atoms with van der Waals surface area (Å²) in [5.74, 6) is -1.11. The molecule has 0 bridgehead atoms. The number of nitrogens with two attached hydrogens (primary N) is 1. The average molecular weight is 258 g/mol. The summed E-state index contributed by atoms with van der Waals surface area (Å²) in [6, 6.07) is -1.04. The van der Waals surface area contributed by atoms with Crippen molar-refractivity contribution in [3.8, 4) is 0 Å². The van der Waals surface area contributed by atoms with Crippen LogP contribution in [0.2, 0.25) is 0 Å². The number of nitrogens with one attached hydrogen (secondary N) is 1. The SMILES string of the molecule is COCC(NC(=O)C1(N)CCCC(C)C1)C(=O)O. The highest BCUT2D eigenvalue weighted by molar-refractivity contribution is 5.90. The summed E-state index contributed by atoms with van der Waals surface area (Å²) >= 11 is 0. The van der Waals surface area contributed by atoms with Crippen molar-refractivity contribution in [2.75, 3.05) is 13.7 Å². The Balaban J connectivity index is 2.65. The van der Waals surface area contributed by atoms with Gasteiger partial charge in [0.2, 0.25) is 5.91 Å². The van der Waals surface area contributed by atoms with Gasteiger partial charge in [0.05, 0.1) is 12.1 Å². The van der Waals surface area contributed by atoms with Gasteiger partial charge in [0.25, 0.3) is 0 Å². The van der Waals surface area contributed by atoms with E-state index in [-0.39, 0.29) is 6.61 Å². The molecule has 4 N–H and O–H groups in total. The Labute approximate surface area is 107 Å². The number of methoxy groups -OCH3 is 1. The van der Waals surface area contributed by atoms with E-state index in [1.165, 1.54) is 7.11 Å². The van der Waals surface area contributed by atoms with Gasteiger partial charge >= 0.3 is 5.97 Å². The van der Waals surface area contributed by atoms with Crippen LogP contribution in [-0.4, -0.2) is 42.3 Å². The fraction of sp³-hybridized carbons (Fsp3) is 0.833. The molecule has 1 saturated carbocycles. The molecule has 6 heteroatoms. The molecule has 3 atom stereocenters. The normalized spacial score (nSPS) is 29.6. The van der Waals surface area contributed by atoms with Gasteiger partial charge < -0.3 is 20.9 Å². The third kappa shape index (κ3) is 3.68. The molecule has 6 nitrogen and oxygen atoms in total. The summed E-state index contributed by atoms with van der Waals surface area (Å²) in [4.78, 5) is 23.0. The molecule has 1 fully saturated rings. The maximum absolute atomic E-state index is 12.1. The number of carbonyl (C=O) groups is 2. The first-order valence-electron chi connectivity index (χ1n) is 6.20. The first kappa shape index (κ1) is 14.9. The van der Waals surface area contributed by atoms with Gasteiger partial charge in [-0.05, 0) is 18.8 Å². The van der Waals surface area contributed by atoms with Gasteiger partial charge in [-0.25, -0.2) is 4.79 Å². The van der Waals surface area contributed by atoms with E-state index >= 15 is 0 Å². The minimum absolute atomic E-state index is 0.0628. The Bertz CT molecular complexity index is 321. The van der Waals surface area contributed by atoms with Crippen LogP contribution in [0.5, 0.6) is 0 Å². The standard InChI is InChI=1S/C12H22N2O4/c1-8-4-3-5-12(13,6-8)11(17)14-9(7-18-2)10(15)16/h8-9H,3-7,13H2,1-2H3,(H,14,17)(H,15,16). The molecule has 1 aliphatic rings. The number of ether oxygens (including phenoxy) is 1. The van der Waals surface area contributed by atoms with Crippen molar-refractivity contribution in [1.29, 1.82) is 0 Å². The van der Waals surface area contributed by atoms with Gasteiger partial charge in [-0.3, -0.25) is 4.79 Å². The maximum Gasteiger partial charge on any atom is 0.328 e. The third-order valence-electron chi connectivity index (χ3n) is 3.42. The third-order valence-corrected chi connectivity index (χ3v) is 3.42. The first-order chi connectivity index (χ1) is 8.39. The zero-order chi connectivity index (χ0) is 13.8. The molecule has 3 unspecified atom stereocenters. The number of carboxylic acid groups (broad SMARTS) is 1. The zero-order valence-corrected chi connectivity index (χ0v) is 10.9. The number of rotatable bonds is 5. The van der Waals surface area contributed by atoms with Crippen LogP contribution in [0, 0.1) is 5.92 Å². The fourth-order valence-electron chi connectivity index (χ4n) is 2.44. The minimum Gasteiger partial charge on any atom is -0.480 e. The zero-order valence-electron chi connectivity index (χ0n) is 10.9. The van der Waals surface area contributed by atoms with Gasteiger partial charge in [0, 0.05) is 7.11 Å². The lowest BCUT2D eigenvalue weighted by Crippen LogP contribution is -2.59. The smallest absolute Gasteiger partial charge is 0.328 e. The Morgan fingerprint density at radius 2 is 2.28 bits per heavy atom. The first-order valence-corrected chi connectivity index (χ1v) is 6.20. The lowest BCUT2D eigenvalue weighted by Gasteiger charge is -2.36. The summed E-state index contributed by atoms with van der Waals surface area (Å²) < 4.78 is 4.77. The van der Waals surface area contributed by atoms with Crippen LogP contribution in [0.1, 0.15) is 32.6 Å². The van der Waals surface area contributed by atoms with E-state index < -0.39 is 23.5 Å². The predicted molar refractivity (Wildman–Crippen MR) is 66.0 cm³/mol. The number of amides is 1. The Morgan fingerprint density at radius 1 is 1.61 bits per heavy atom. The number of carboxylic acids is 1. The van der Waals surface area contributed by atoms with Crippen molar-refractivity contribution in [3.05, 3.63) is 0 Å². The van der Waals surface area contributed by atoms with Gasteiger partial charge in [-0.15, -0.1) is 0 Å². The highest BCUT2D eigenvalue weighted by Crippen LogP contribution is 2.30. The molecule has 0 heterocycles. The highest BCUT2D eigenvalue weighted by atomic mass is 16.5. The largest absolute Gasteiger partial charge is 0.480 e. The predicted octanol–water partition coefficient (Wildman–Crippen LogP) is 0.110. The van der Waals surface area contributed by atoms with E-state index in [1.807, 2.05) is 0 Å². The maximum atomic E-state index is 12.1. The Hall–Kier alpha value is -1.14. The molecule has 0 spiro atoms. The molecule has 1 rings (SSSR count). The van der Waals surface area contributed by atoms with E-state index in [1.54, 1.807) is 0 Å².